The third-order valence-corrected chi connectivity index (χ3v) is 4.51. The van der Waals surface area contributed by atoms with Crippen molar-refractivity contribution in [1.82, 2.24) is 0 Å². The number of ketones is 2. The number of esters is 2. The van der Waals surface area contributed by atoms with Crippen LogP contribution in [0, 0.1) is 10.8 Å². The van der Waals surface area contributed by atoms with Crippen LogP contribution < -0.4 is 0 Å². The van der Waals surface area contributed by atoms with Gasteiger partial charge in [-0.05, 0) is 0 Å². The molecule has 33 heavy (non-hydrogen) atoms. The van der Waals surface area contributed by atoms with Gasteiger partial charge in [-0.1, -0.05) is 41.5 Å². The van der Waals surface area contributed by atoms with E-state index >= 15 is 0 Å². The van der Waals surface area contributed by atoms with Crippen LogP contribution in [0.25, 0.3) is 0 Å². The Hall–Kier alpha value is -1.84. The molecule has 9 heteroatoms. The lowest BCUT2D eigenvalue weighted by atomic mass is 9.88. The molecule has 0 unspecified atom stereocenters. The summed E-state index contributed by atoms with van der Waals surface area (Å²) in [6.07, 6.45) is 0.518. The van der Waals surface area contributed by atoms with E-state index < -0.39 is 22.8 Å². The van der Waals surface area contributed by atoms with E-state index in [9.17, 15) is 19.2 Å². The van der Waals surface area contributed by atoms with E-state index in [2.05, 4.69) is 0 Å². The van der Waals surface area contributed by atoms with Crippen molar-refractivity contribution in [3.63, 3.8) is 0 Å². The molecule has 0 aliphatic heterocycles. The third-order valence-electron chi connectivity index (χ3n) is 4.51. The minimum atomic E-state index is -0.449. The Bertz CT molecular complexity index is 548. The molecular formula is C24H42O9. The highest BCUT2D eigenvalue weighted by Crippen LogP contribution is 2.18. The van der Waals surface area contributed by atoms with Gasteiger partial charge in [-0.3, -0.25) is 19.2 Å². The molecule has 0 amide bonds. The highest BCUT2D eigenvalue weighted by atomic mass is 16.6. The van der Waals surface area contributed by atoms with Crippen molar-refractivity contribution in [2.24, 2.45) is 10.8 Å². The van der Waals surface area contributed by atoms with Gasteiger partial charge in [0.1, 0.15) is 24.8 Å². The lowest BCUT2D eigenvalue weighted by Gasteiger charge is -2.15. The Balaban J connectivity index is 3.43. The SMILES string of the molecule is CC(C)(C)C(=O)CCC(=O)OCCOCCOCCOCCOC(=O)CCC(=O)C(C)(C)C. The number of ether oxygens (including phenoxy) is 5. The van der Waals surface area contributed by atoms with Gasteiger partial charge in [0.25, 0.3) is 0 Å². The molecule has 0 aromatic carbocycles. The predicted octanol–water partition coefficient (Wildman–Crippen LogP) is 2.91. The zero-order chi connectivity index (χ0) is 25.3. The fraction of sp³-hybridized carbons (Fsp3) is 0.833. The van der Waals surface area contributed by atoms with E-state index in [1.54, 1.807) is 0 Å². The van der Waals surface area contributed by atoms with Crippen LogP contribution in [0.4, 0.5) is 0 Å². The second kappa shape index (κ2) is 16.7. The Kier molecular flexibility index (Phi) is 15.8. The summed E-state index contributed by atoms with van der Waals surface area (Å²) in [5, 5.41) is 0. The number of Topliss-reactive ketones (excluding diaryl/α,β-unsaturated/α-hetero) is 2. The van der Waals surface area contributed by atoms with Gasteiger partial charge in [-0.15, -0.1) is 0 Å². The van der Waals surface area contributed by atoms with Gasteiger partial charge >= 0.3 is 11.9 Å². The summed E-state index contributed by atoms with van der Waals surface area (Å²) < 4.78 is 26.0. The van der Waals surface area contributed by atoms with Crippen LogP contribution >= 0.6 is 0 Å². The fourth-order valence-corrected chi connectivity index (χ4v) is 2.30. The van der Waals surface area contributed by atoms with E-state index in [4.69, 9.17) is 23.7 Å². The first-order valence-corrected chi connectivity index (χ1v) is 11.4. The monoisotopic (exact) mass is 474 g/mol. The maximum Gasteiger partial charge on any atom is 0.306 e. The van der Waals surface area contributed by atoms with E-state index in [1.807, 2.05) is 41.5 Å². The fourth-order valence-electron chi connectivity index (χ4n) is 2.30. The maximum atomic E-state index is 11.8. The van der Waals surface area contributed by atoms with Gasteiger partial charge < -0.3 is 23.7 Å². The molecule has 0 spiro atoms. The molecule has 9 nitrogen and oxygen atoms in total. The quantitative estimate of drug-likeness (QED) is 0.218. The molecule has 0 saturated carbocycles. The van der Waals surface area contributed by atoms with Gasteiger partial charge in [0.05, 0.1) is 52.5 Å². The zero-order valence-corrected chi connectivity index (χ0v) is 21.2. The first kappa shape index (κ1) is 31.2. The molecule has 0 rings (SSSR count). The number of rotatable bonds is 18. The molecule has 0 aromatic rings. The van der Waals surface area contributed by atoms with Crippen molar-refractivity contribution in [2.45, 2.75) is 67.2 Å². The Morgan fingerprint density at radius 1 is 0.455 bits per heavy atom. The van der Waals surface area contributed by atoms with Gasteiger partial charge in [-0.25, -0.2) is 0 Å². The molecule has 0 atom stereocenters. The Morgan fingerprint density at radius 3 is 1.00 bits per heavy atom. The highest BCUT2D eigenvalue weighted by molar-refractivity contribution is 5.87. The number of hydrogen-bond donors (Lipinski definition) is 0. The van der Waals surface area contributed by atoms with Crippen molar-refractivity contribution >= 4 is 23.5 Å². The molecule has 0 fully saturated rings. The lowest BCUT2D eigenvalue weighted by molar-refractivity contribution is -0.147. The van der Waals surface area contributed by atoms with Crippen LogP contribution in [0.3, 0.4) is 0 Å². The summed E-state index contributed by atoms with van der Waals surface area (Å²) in [6, 6.07) is 0. The average molecular weight is 475 g/mol. The van der Waals surface area contributed by atoms with Crippen molar-refractivity contribution in [3.8, 4) is 0 Å². The minimum absolute atomic E-state index is 0.0298. The summed E-state index contributed by atoms with van der Waals surface area (Å²) in [6.45, 7) is 13.1. The second-order valence-corrected chi connectivity index (χ2v) is 9.62. The van der Waals surface area contributed by atoms with Gasteiger partial charge in [0, 0.05) is 23.7 Å². The third kappa shape index (κ3) is 18.3. The molecule has 0 aliphatic rings. The van der Waals surface area contributed by atoms with Crippen molar-refractivity contribution in [2.75, 3.05) is 52.9 Å². The average Bonchev–Trinajstić information content (AvgIpc) is 2.71. The summed E-state index contributed by atoms with van der Waals surface area (Å²) in [4.78, 5) is 46.7. The van der Waals surface area contributed by atoms with E-state index in [0.717, 1.165) is 0 Å². The van der Waals surface area contributed by atoms with Crippen LogP contribution in [0.2, 0.25) is 0 Å². The number of carbonyl (C=O) groups excluding carboxylic acids is 4. The minimum Gasteiger partial charge on any atom is -0.463 e. The summed E-state index contributed by atoms with van der Waals surface area (Å²) in [7, 11) is 0. The van der Waals surface area contributed by atoms with Crippen LogP contribution in [0.1, 0.15) is 67.2 Å². The molecule has 0 heterocycles. The topological polar surface area (TPSA) is 114 Å². The lowest BCUT2D eigenvalue weighted by Crippen LogP contribution is -2.21. The van der Waals surface area contributed by atoms with E-state index in [1.165, 1.54) is 0 Å². The molecule has 0 aliphatic carbocycles. The molecule has 192 valence electrons. The first-order valence-electron chi connectivity index (χ1n) is 11.4. The van der Waals surface area contributed by atoms with E-state index in [0.29, 0.717) is 26.4 Å². The molecular weight excluding hydrogens is 432 g/mol. The summed E-state index contributed by atoms with van der Waals surface area (Å²) in [5.41, 5.74) is -0.897. The first-order chi connectivity index (χ1) is 15.3. The molecule has 0 saturated heterocycles. The second-order valence-electron chi connectivity index (χ2n) is 9.62. The number of carbonyl (C=O) groups is 4. The summed E-state index contributed by atoms with van der Waals surface area (Å²) >= 11 is 0. The van der Waals surface area contributed by atoms with Crippen molar-refractivity contribution in [1.29, 1.82) is 0 Å². The summed E-state index contributed by atoms with van der Waals surface area (Å²) in [5.74, 6) is -0.758. The van der Waals surface area contributed by atoms with Crippen molar-refractivity contribution < 1.29 is 42.9 Å². The largest absolute Gasteiger partial charge is 0.463 e. The Labute approximate surface area is 197 Å². The van der Waals surface area contributed by atoms with Crippen molar-refractivity contribution in [3.05, 3.63) is 0 Å². The van der Waals surface area contributed by atoms with Gasteiger partial charge in [-0.2, -0.15) is 0 Å². The molecule has 0 aromatic heterocycles. The molecule has 0 N–H and O–H groups in total. The Morgan fingerprint density at radius 2 is 0.727 bits per heavy atom. The van der Waals surface area contributed by atoms with Crippen LogP contribution in [-0.2, 0) is 42.9 Å². The zero-order valence-electron chi connectivity index (χ0n) is 21.2. The standard InChI is InChI=1S/C24H42O9/c1-23(2,3)19(25)7-9-21(27)32-17-15-30-13-11-29-12-14-31-16-18-33-22(28)10-8-20(26)24(4,5)6/h7-18H2,1-6H3. The normalized spacial score (nSPS) is 11.8. The maximum absolute atomic E-state index is 11.8. The predicted molar refractivity (Wildman–Crippen MR) is 122 cm³/mol. The smallest absolute Gasteiger partial charge is 0.306 e. The van der Waals surface area contributed by atoms with E-state index in [-0.39, 0.29) is 63.7 Å². The van der Waals surface area contributed by atoms with Crippen LogP contribution in [0.5, 0.6) is 0 Å². The van der Waals surface area contributed by atoms with Crippen LogP contribution in [-0.4, -0.2) is 76.4 Å². The van der Waals surface area contributed by atoms with Gasteiger partial charge in [0.15, 0.2) is 0 Å². The number of hydrogen-bond acceptors (Lipinski definition) is 9. The highest BCUT2D eigenvalue weighted by Gasteiger charge is 2.22. The van der Waals surface area contributed by atoms with Crippen LogP contribution in [0.15, 0.2) is 0 Å². The van der Waals surface area contributed by atoms with Gasteiger partial charge in [0.2, 0.25) is 0 Å². The molecule has 0 bridgehead atoms. The molecule has 0 radical (unpaired) electrons.